The Labute approximate surface area is 248 Å². The van der Waals surface area contributed by atoms with E-state index in [1.165, 1.54) is 0 Å². The first-order valence-corrected chi connectivity index (χ1v) is 21.3. The van der Waals surface area contributed by atoms with Gasteiger partial charge in [-0.15, -0.1) is 0 Å². The standard InChI is InChI=1S/C24H58O12Si4/c1-14-25-38(26-15-2,27-16-3)34-37(24(12,13)23(10)11,35-39(28-17-4,29-18-5)30-19-6)36-40(31-20-7,32-21-8)33-22-9/h23H,14-22H2,1-13H3. The highest BCUT2D eigenvalue weighted by Crippen LogP contribution is 2.50. The van der Waals surface area contributed by atoms with Crippen molar-refractivity contribution in [1.82, 2.24) is 0 Å². The van der Waals surface area contributed by atoms with Crippen LogP contribution in [0.4, 0.5) is 0 Å². The van der Waals surface area contributed by atoms with E-state index in [0.29, 0.717) is 0 Å². The van der Waals surface area contributed by atoms with E-state index in [2.05, 4.69) is 13.8 Å². The molecule has 0 spiro atoms. The maximum atomic E-state index is 7.02. The Balaban J connectivity index is 7.77. The summed E-state index contributed by atoms with van der Waals surface area (Å²) in [5.74, 6) is -0.0519. The van der Waals surface area contributed by atoms with Gasteiger partial charge in [-0.2, -0.15) is 0 Å². The van der Waals surface area contributed by atoms with Gasteiger partial charge < -0.3 is 52.2 Å². The molecule has 12 nitrogen and oxygen atoms in total. The zero-order valence-corrected chi connectivity index (χ0v) is 31.3. The van der Waals surface area contributed by atoms with Gasteiger partial charge in [0.1, 0.15) is 0 Å². The lowest BCUT2D eigenvalue weighted by molar-refractivity contribution is -0.0630. The van der Waals surface area contributed by atoms with Crippen LogP contribution in [0.3, 0.4) is 0 Å². The van der Waals surface area contributed by atoms with Gasteiger partial charge in [0.15, 0.2) is 0 Å². The zero-order valence-electron chi connectivity index (χ0n) is 27.3. The lowest BCUT2D eigenvalue weighted by Crippen LogP contribution is -2.74. The quantitative estimate of drug-likeness (QED) is 0.117. The average molecular weight is 651 g/mol. The fraction of sp³-hybridized carbons (Fsp3) is 1.00. The van der Waals surface area contributed by atoms with Crippen molar-refractivity contribution < 1.29 is 52.2 Å². The fourth-order valence-corrected chi connectivity index (χ4v) is 19.0. The highest BCUT2D eigenvalue weighted by molar-refractivity contribution is 6.84. The monoisotopic (exact) mass is 650 g/mol. The molecule has 0 heterocycles. The number of rotatable bonds is 26. The van der Waals surface area contributed by atoms with E-state index >= 15 is 0 Å². The summed E-state index contributed by atoms with van der Waals surface area (Å²) in [5.41, 5.74) is 0. The molecule has 0 unspecified atom stereocenters. The molecule has 0 aromatic heterocycles. The SMILES string of the molecule is CCO[Si](OCC)(OCC)O[Si](O[Si](OCC)(OCC)OCC)(O[Si](OCC)(OCC)OCC)C(C)(C)C(C)C. The van der Waals surface area contributed by atoms with Crippen LogP contribution in [0.2, 0.25) is 5.04 Å². The number of hydrogen-bond donors (Lipinski definition) is 0. The summed E-state index contributed by atoms with van der Waals surface area (Å²) in [6.45, 7) is 27.2. The van der Waals surface area contributed by atoms with E-state index < -0.39 is 41.0 Å². The van der Waals surface area contributed by atoms with Crippen molar-refractivity contribution in [3.05, 3.63) is 0 Å². The van der Waals surface area contributed by atoms with Gasteiger partial charge in [0.05, 0.1) is 0 Å². The summed E-state index contributed by atoms with van der Waals surface area (Å²) < 4.78 is 76.5. The molecule has 16 heteroatoms. The van der Waals surface area contributed by atoms with Gasteiger partial charge in [0, 0.05) is 64.5 Å². The molecular weight excluding hydrogens is 593 g/mol. The number of hydrogen-bond acceptors (Lipinski definition) is 12. The predicted molar refractivity (Wildman–Crippen MR) is 160 cm³/mol. The molecule has 0 fully saturated rings. The summed E-state index contributed by atoms with van der Waals surface area (Å²) in [4.78, 5) is 0. The van der Waals surface area contributed by atoms with Crippen molar-refractivity contribution in [3.8, 4) is 0 Å². The minimum atomic E-state index is -4.27. The van der Waals surface area contributed by atoms with Crippen molar-refractivity contribution in [2.75, 3.05) is 59.5 Å². The van der Waals surface area contributed by atoms with Crippen LogP contribution in [0, 0.1) is 5.92 Å². The van der Waals surface area contributed by atoms with Gasteiger partial charge in [-0.1, -0.05) is 27.7 Å². The molecule has 0 aliphatic heterocycles. The van der Waals surface area contributed by atoms with Crippen LogP contribution in [0.1, 0.15) is 90.0 Å². The molecule has 0 saturated carbocycles. The molecule has 0 aliphatic carbocycles. The van der Waals surface area contributed by atoms with Gasteiger partial charge in [0.25, 0.3) is 0 Å². The predicted octanol–water partition coefficient (Wildman–Crippen LogP) is 5.05. The molecule has 0 atom stereocenters. The molecule has 0 rings (SSSR count). The van der Waals surface area contributed by atoms with Crippen molar-refractivity contribution in [3.63, 3.8) is 0 Å². The average Bonchev–Trinajstić information content (AvgIpc) is 2.85. The van der Waals surface area contributed by atoms with Crippen molar-refractivity contribution in [2.24, 2.45) is 5.92 Å². The normalized spacial score (nSPS) is 13.9. The van der Waals surface area contributed by atoms with Crippen LogP contribution in [-0.2, 0) is 52.2 Å². The molecule has 0 aromatic rings. The molecule has 0 N–H and O–H groups in total. The first-order chi connectivity index (χ1) is 18.9. The van der Waals surface area contributed by atoms with Gasteiger partial charge >= 0.3 is 35.9 Å². The molecule has 0 amide bonds. The van der Waals surface area contributed by atoms with Crippen molar-refractivity contribution >= 4 is 35.9 Å². The van der Waals surface area contributed by atoms with E-state index in [4.69, 9.17) is 52.2 Å². The molecule has 40 heavy (non-hydrogen) atoms. The maximum Gasteiger partial charge on any atom is 0.672 e. The Morgan fingerprint density at radius 2 is 0.575 bits per heavy atom. The topological polar surface area (TPSA) is 111 Å². The van der Waals surface area contributed by atoms with Crippen LogP contribution in [-0.4, -0.2) is 95.4 Å². The molecule has 242 valence electrons. The molecule has 0 radical (unpaired) electrons. The van der Waals surface area contributed by atoms with Gasteiger partial charge in [-0.05, 0) is 68.2 Å². The largest absolute Gasteiger partial charge is 0.672 e. The second-order valence-corrected chi connectivity index (χ2v) is 19.6. The molecule has 0 aromatic carbocycles. The smallest absolute Gasteiger partial charge is 0.352 e. The van der Waals surface area contributed by atoms with Gasteiger partial charge in [-0.3, -0.25) is 0 Å². The van der Waals surface area contributed by atoms with Crippen LogP contribution < -0.4 is 0 Å². The molecule has 0 bridgehead atoms. The van der Waals surface area contributed by atoms with Crippen LogP contribution >= 0.6 is 0 Å². The van der Waals surface area contributed by atoms with Crippen molar-refractivity contribution in [1.29, 1.82) is 0 Å². The highest BCUT2D eigenvalue weighted by Gasteiger charge is 2.73. The lowest BCUT2D eigenvalue weighted by Gasteiger charge is -2.50. The minimum absolute atomic E-state index is 0.0519. The Morgan fingerprint density at radius 3 is 0.700 bits per heavy atom. The van der Waals surface area contributed by atoms with Crippen LogP contribution in [0.5, 0.6) is 0 Å². The Hall–Kier alpha value is 0.388. The van der Waals surface area contributed by atoms with E-state index in [1.807, 2.05) is 76.2 Å². The maximum absolute atomic E-state index is 7.02. The first kappa shape index (κ1) is 40.4. The Bertz CT molecular complexity index is 539. The zero-order chi connectivity index (χ0) is 30.9. The van der Waals surface area contributed by atoms with E-state index in [1.54, 1.807) is 0 Å². The summed E-state index contributed by atoms with van der Waals surface area (Å²) in [7, 11) is -16.0. The molecular formula is C24H58O12Si4. The summed E-state index contributed by atoms with van der Waals surface area (Å²) in [6, 6.07) is 0. The third kappa shape index (κ3) is 11.1. The summed E-state index contributed by atoms with van der Waals surface area (Å²) in [5, 5.41) is -0.830. The Kier molecular flexibility index (Phi) is 19.8. The van der Waals surface area contributed by atoms with Crippen molar-refractivity contribution in [2.45, 2.75) is 95.0 Å². The molecule has 0 saturated heterocycles. The van der Waals surface area contributed by atoms with E-state index in [-0.39, 0.29) is 65.4 Å². The Morgan fingerprint density at radius 1 is 0.400 bits per heavy atom. The molecule has 0 aliphatic rings. The fourth-order valence-electron chi connectivity index (χ4n) is 3.54. The minimum Gasteiger partial charge on any atom is -0.352 e. The van der Waals surface area contributed by atoms with Crippen LogP contribution in [0.25, 0.3) is 0 Å². The van der Waals surface area contributed by atoms with Crippen LogP contribution in [0.15, 0.2) is 0 Å². The highest BCUT2D eigenvalue weighted by atomic mass is 28.5. The summed E-state index contributed by atoms with van der Waals surface area (Å²) in [6.07, 6.45) is 0. The van der Waals surface area contributed by atoms with E-state index in [9.17, 15) is 0 Å². The first-order valence-electron chi connectivity index (χ1n) is 14.7. The lowest BCUT2D eigenvalue weighted by atomic mass is 9.99. The second kappa shape index (κ2) is 19.6. The van der Waals surface area contributed by atoms with E-state index in [0.717, 1.165) is 0 Å². The van der Waals surface area contributed by atoms with Gasteiger partial charge in [-0.25, -0.2) is 0 Å². The van der Waals surface area contributed by atoms with Gasteiger partial charge in [0.2, 0.25) is 0 Å². The third-order valence-corrected chi connectivity index (χ3v) is 20.1. The second-order valence-electron chi connectivity index (χ2n) is 9.14. The summed E-state index contributed by atoms with van der Waals surface area (Å²) >= 11 is 0. The third-order valence-electron chi connectivity index (χ3n) is 5.90.